The molecule has 0 saturated carbocycles. The second kappa shape index (κ2) is 15.2. The number of halogens is 1. The van der Waals surface area contributed by atoms with E-state index in [2.05, 4.69) is 26.8 Å². The largest absolute Gasteiger partial charge is 0.415 e. The van der Waals surface area contributed by atoms with Crippen LogP contribution in [0.4, 0.5) is 21.9 Å². The third-order valence-electron chi connectivity index (χ3n) is 8.46. The molecule has 4 aromatic carbocycles. The Balaban J connectivity index is 0.00000109. The van der Waals surface area contributed by atoms with Gasteiger partial charge < -0.3 is 35.5 Å². The van der Waals surface area contributed by atoms with E-state index in [1.807, 2.05) is 63.4 Å². The Bertz CT molecular complexity index is 1930. The van der Waals surface area contributed by atoms with Crippen molar-refractivity contribution in [3.63, 3.8) is 0 Å². The van der Waals surface area contributed by atoms with Crippen LogP contribution in [0.15, 0.2) is 78.9 Å². The monoisotopic (exact) mass is 668 g/mol. The summed E-state index contributed by atoms with van der Waals surface area (Å²) in [4.78, 5) is 48.6. The molecule has 1 aromatic heterocycles. The van der Waals surface area contributed by atoms with Crippen LogP contribution in [0, 0.1) is 0 Å². The lowest BCUT2D eigenvalue weighted by Crippen LogP contribution is -2.48. The highest BCUT2D eigenvalue weighted by Gasteiger charge is 2.30. The number of hydrogen-bond donors (Lipinski definition) is 3. The predicted octanol–water partition coefficient (Wildman–Crippen LogP) is 6.99. The van der Waals surface area contributed by atoms with Crippen LogP contribution in [-0.2, 0) is 6.42 Å². The first-order chi connectivity index (χ1) is 23.3. The van der Waals surface area contributed by atoms with Crippen LogP contribution in [0.25, 0.3) is 21.7 Å². The molecule has 4 N–H and O–H groups in total. The molecule has 0 spiro atoms. The van der Waals surface area contributed by atoms with Crippen molar-refractivity contribution in [1.82, 2.24) is 14.8 Å². The zero-order valence-electron chi connectivity index (χ0n) is 27.7. The SMILES string of the molecule is CC.CCl.CN1CCN(C(=O)Oc2cc3c(c4ccccc24)CCN3C(=O)c2cc3cc(NC(=O)c4ccc(N)cc4)ccc3[nH]2)CC1. The van der Waals surface area contributed by atoms with Crippen molar-refractivity contribution in [2.75, 3.05) is 62.1 Å². The molecule has 11 heteroatoms. The summed E-state index contributed by atoms with van der Waals surface area (Å²) in [5.74, 6) is 0.0151. The molecule has 1 fully saturated rings. The van der Waals surface area contributed by atoms with E-state index in [0.29, 0.717) is 54.4 Å². The average molecular weight is 669 g/mol. The number of benzene rings is 4. The summed E-state index contributed by atoms with van der Waals surface area (Å²) in [6, 6.07) is 23.6. The third-order valence-corrected chi connectivity index (χ3v) is 8.46. The first-order valence-corrected chi connectivity index (χ1v) is 16.8. The summed E-state index contributed by atoms with van der Waals surface area (Å²) in [5, 5.41) is 5.52. The van der Waals surface area contributed by atoms with Crippen LogP contribution in [-0.4, -0.2) is 78.8 Å². The number of nitrogens with two attached hydrogens (primary N) is 1. The quantitative estimate of drug-likeness (QED) is 0.140. The molecule has 0 bridgehead atoms. The predicted molar refractivity (Wildman–Crippen MR) is 195 cm³/mol. The lowest BCUT2D eigenvalue weighted by atomic mass is 10.0. The van der Waals surface area contributed by atoms with Crippen LogP contribution in [0.3, 0.4) is 0 Å². The Kier molecular flexibility index (Phi) is 10.9. The fourth-order valence-electron chi connectivity index (χ4n) is 5.99. The van der Waals surface area contributed by atoms with E-state index in [1.54, 1.807) is 46.2 Å². The number of likely N-dealkylation sites (N-methyl/N-ethyl adjacent to an activating group) is 1. The first kappa shape index (κ1) is 34.3. The van der Waals surface area contributed by atoms with Gasteiger partial charge in [0.1, 0.15) is 11.4 Å². The minimum Gasteiger partial charge on any atom is -0.409 e. The van der Waals surface area contributed by atoms with Crippen molar-refractivity contribution >= 4 is 68.2 Å². The number of carbonyl (C=O) groups is 3. The summed E-state index contributed by atoms with van der Waals surface area (Å²) in [6.07, 6.45) is 1.78. The summed E-state index contributed by atoms with van der Waals surface area (Å²) >= 11 is 4.64. The van der Waals surface area contributed by atoms with Gasteiger partial charge in [-0.25, -0.2) is 4.79 Å². The normalized spacial score (nSPS) is 14.0. The highest BCUT2D eigenvalue weighted by atomic mass is 35.5. The Morgan fingerprint density at radius 2 is 1.54 bits per heavy atom. The number of fused-ring (bicyclic) bond motifs is 4. The number of anilines is 3. The maximum atomic E-state index is 13.9. The van der Waals surface area contributed by atoms with Gasteiger partial charge in [-0.1, -0.05) is 38.1 Å². The number of carbonyl (C=O) groups excluding carboxylic acids is 3. The molecular formula is C37H41ClN6O4. The van der Waals surface area contributed by atoms with Crippen molar-refractivity contribution in [3.8, 4) is 5.75 Å². The molecule has 3 amide bonds. The Labute approximate surface area is 285 Å². The molecule has 0 radical (unpaired) electrons. The first-order valence-electron chi connectivity index (χ1n) is 16.0. The van der Waals surface area contributed by atoms with E-state index < -0.39 is 0 Å². The summed E-state index contributed by atoms with van der Waals surface area (Å²) in [7, 11) is 2.04. The number of H-pyrrole nitrogens is 1. The number of aromatic amines is 1. The average Bonchev–Trinajstić information content (AvgIpc) is 3.75. The third kappa shape index (κ3) is 7.10. The molecule has 2 aliphatic rings. The van der Waals surface area contributed by atoms with Gasteiger partial charge in [-0.05, 0) is 72.9 Å². The summed E-state index contributed by atoms with van der Waals surface area (Å²) < 4.78 is 5.97. The molecule has 3 heterocycles. The van der Waals surface area contributed by atoms with Crippen LogP contribution >= 0.6 is 11.6 Å². The van der Waals surface area contributed by atoms with E-state index in [1.165, 1.54) is 6.38 Å². The molecule has 7 rings (SSSR count). The number of piperazine rings is 1. The number of nitrogens with one attached hydrogen (secondary N) is 2. The van der Waals surface area contributed by atoms with Gasteiger partial charge in [0.15, 0.2) is 0 Å². The van der Waals surface area contributed by atoms with Gasteiger partial charge in [-0.15, -0.1) is 11.6 Å². The maximum Gasteiger partial charge on any atom is 0.415 e. The van der Waals surface area contributed by atoms with Gasteiger partial charge in [0, 0.05) is 78.4 Å². The fraction of sp³-hybridized carbons (Fsp3) is 0.270. The van der Waals surface area contributed by atoms with Crippen molar-refractivity contribution in [3.05, 3.63) is 95.7 Å². The van der Waals surface area contributed by atoms with E-state index in [9.17, 15) is 14.4 Å². The Morgan fingerprint density at radius 3 is 2.25 bits per heavy atom. The zero-order chi connectivity index (χ0) is 34.4. The standard InChI is InChI=1S/C34H32N6O4.C2H6.CH3Cl/c1-38-14-16-39(17-15-38)34(43)44-31-20-30-26(25-4-2-3-5-27(25)31)12-13-40(30)33(42)29-19-22-18-24(10-11-28(22)37-29)36-32(41)21-6-8-23(35)9-7-21;2*1-2/h2-11,18-20,37H,12-17,35H2,1H3,(H,36,41);1-2H3;1H3. The van der Waals surface area contributed by atoms with Gasteiger partial charge in [0.05, 0.1) is 5.69 Å². The molecule has 0 atom stereocenters. The van der Waals surface area contributed by atoms with Crippen LogP contribution in [0.2, 0.25) is 0 Å². The summed E-state index contributed by atoms with van der Waals surface area (Å²) in [5.41, 5.74) is 10.4. The molecular weight excluding hydrogens is 628 g/mol. The second-order valence-corrected chi connectivity index (χ2v) is 11.3. The van der Waals surface area contributed by atoms with Crippen LogP contribution < -0.4 is 20.7 Å². The van der Waals surface area contributed by atoms with Gasteiger partial charge in [-0.2, -0.15) is 0 Å². The Hall–Kier alpha value is -5.06. The smallest absolute Gasteiger partial charge is 0.409 e. The van der Waals surface area contributed by atoms with Crippen molar-refractivity contribution in [2.24, 2.45) is 0 Å². The molecule has 1 saturated heterocycles. The van der Waals surface area contributed by atoms with Crippen LogP contribution in [0.5, 0.6) is 5.75 Å². The number of aromatic nitrogens is 1. The van der Waals surface area contributed by atoms with Gasteiger partial charge >= 0.3 is 6.09 Å². The number of rotatable bonds is 4. The van der Waals surface area contributed by atoms with Crippen LogP contribution in [0.1, 0.15) is 40.3 Å². The topological polar surface area (TPSA) is 124 Å². The second-order valence-electron chi connectivity index (χ2n) is 11.3. The maximum absolute atomic E-state index is 13.9. The number of hydrogen-bond acceptors (Lipinski definition) is 6. The molecule has 5 aromatic rings. The molecule has 0 unspecified atom stereocenters. The summed E-state index contributed by atoms with van der Waals surface area (Å²) in [6.45, 7) is 7.31. The van der Waals surface area contributed by atoms with Gasteiger partial charge in [0.2, 0.25) is 0 Å². The van der Waals surface area contributed by atoms with Gasteiger partial charge in [0.25, 0.3) is 11.8 Å². The highest BCUT2D eigenvalue weighted by molar-refractivity contribution is 6.15. The lowest BCUT2D eigenvalue weighted by Gasteiger charge is -2.31. The zero-order valence-corrected chi connectivity index (χ0v) is 28.4. The number of nitrogens with zero attached hydrogens (tertiary/aromatic N) is 3. The highest BCUT2D eigenvalue weighted by Crippen LogP contribution is 2.41. The fourth-order valence-corrected chi connectivity index (χ4v) is 5.99. The number of amides is 3. The van der Waals surface area contributed by atoms with Crippen molar-refractivity contribution in [1.29, 1.82) is 0 Å². The number of nitrogen functional groups attached to an aromatic ring is 1. The number of ether oxygens (including phenoxy) is 1. The molecule has 250 valence electrons. The van der Waals surface area contributed by atoms with Crippen molar-refractivity contribution in [2.45, 2.75) is 20.3 Å². The molecule has 10 nitrogen and oxygen atoms in total. The number of alkyl halides is 1. The van der Waals surface area contributed by atoms with E-state index in [4.69, 9.17) is 10.5 Å². The lowest BCUT2D eigenvalue weighted by molar-refractivity contribution is 0.0984. The van der Waals surface area contributed by atoms with E-state index in [0.717, 1.165) is 46.0 Å². The van der Waals surface area contributed by atoms with E-state index >= 15 is 0 Å². The Morgan fingerprint density at radius 1 is 0.854 bits per heavy atom. The molecule has 0 aliphatic carbocycles. The minimum absolute atomic E-state index is 0.181. The molecule has 2 aliphatic heterocycles. The molecule has 48 heavy (non-hydrogen) atoms. The minimum atomic E-state index is -0.381. The van der Waals surface area contributed by atoms with Crippen molar-refractivity contribution < 1.29 is 19.1 Å². The van der Waals surface area contributed by atoms with E-state index in [-0.39, 0.29) is 17.9 Å². The van der Waals surface area contributed by atoms with Gasteiger partial charge in [-0.3, -0.25) is 9.59 Å².